The lowest BCUT2D eigenvalue weighted by Gasteiger charge is -2.25. The molecule has 1 atom stereocenters. The number of rotatable bonds is 10. The predicted octanol–water partition coefficient (Wildman–Crippen LogP) is 2.97. The third-order valence-corrected chi connectivity index (χ3v) is 5.98. The number of nitro benzene ring substituents is 1. The lowest BCUT2D eigenvalue weighted by molar-refractivity contribution is -0.385. The Bertz CT molecular complexity index is 1170. The van der Waals surface area contributed by atoms with Gasteiger partial charge in [-0.25, -0.2) is 4.79 Å². The van der Waals surface area contributed by atoms with Crippen LogP contribution in [0.25, 0.3) is 0 Å². The zero-order chi connectivity index (χ0) is 27.1. The summed E-state index contributed by atoms with van der Waals surface area (Å²) in [5.74, 6) is 0.488. The Labute approximate surface area is 213 Å². The molecule has 2 N–H and O–H groups in total. The van der Waals surface area contributed by atoms with Crippen LogP contribution in [-0.2, 0) is 11.3 Å². The molecule has 0 bridgehead atoms. The molecule has 1 fully saturated rings. The number of aliphatic hydroxyl groups excluding tert-OH is 1. The van der Waals surface area contributed by atoms with Crippen molar-refractivity contribution in [3.8, 4) is 23.0 Å². The van der Waals surface area contributed by atoms with Crippen LogP contribution < -0.4 is 24.3 Å². The maximum absolute atomic E-state index is 13.3. The molecule has 0 unspecified atom stereocenters. The summed E-state index contributed by atoms with van der Waals surface area (Å²) < 4.78 is 26.1. The summed E-state index contributed by atoms with van der Waals surface area (Å²) in [5.41, 5.74) is -0.0640. The third kappa shape index (κ3) is 5.94. The van der Waals surface area contributed by atoms with E-state index in [9.17, 15) is 24.8 Å². The monoisotopic (exact) mass is 519 g/mol. The van der Waals surface area contributed by atoms with E-state index < -0.39 is 23.5 Å². The van der Waals surface area contributed by atoms with Crippen molar-refractivity contribution in [1.29, 1.82) is 0 Å². The largest absolute Gasteiger partial charge is 0.493 e. The lowest BCUT2D eigenvalue weighted by Crippen LogP contribution is -2.38. The first-order valence-corrected chi connectivity index (χ1v) is 11.3. The normalized spacial score (nSPS) is 14.6. The van der Waals surface area contributed by atoms with E-state index in [-0.39, 0.29) is 58.1 Å². The molecule has 1 heterocycles. The molecule has 0 spiro atoms. The van der Waals surface area contributed by atoms with Gasteiger partial charge in [0.15, 0.2) is 23.0 Å². The highest BCUT2D eigenvalue weighted by molar-refractivity contribution is 6.03. The molecule has 3 rings (SSSR count). The first-order valence-electron chi connectivity index (χ1n) is 11.3. The number of hydrogen-bond acceptors (Lipinski definition) is 10. The maximum Gasteiger partial charge on any atom is 0.411 e. The summed E-state index contributed by atoms with van der Waals surface area (Å²) in [5, 5.41) is 23.7. The summed E-state index contributed by atoms with van der Waals surface area (Å²) in [7, 11) is 5.53. The molecule has 1 saturated heterocycles. The van der Waals surface area contributed by atoms with Crippen LogP contribution in [0.2, 0.25) is 0 Å². The Morgan fingerprint density at radius 2 is 1.62 bits per heavy atom. The molecular formula is C24H29N3O10. The van der Waals surface area contributed by atoms with E-state index >= 15 is 0 Å². The molecule has 2 aromatic carbocycles. The highest BCUT2D eigenvalue weighted by atomic mass is 16.6. The number of nitrogens with zero attached hydrogens (tertiary/aromatic N) is 2. The fraction of sp³-hybridized carbons (Fsp3) is 0.417. The zero-order valence-electron chi connectivity index (χ0n) is 20.9. The summed E-state index contributed by atoms with van der Waals surface area (Å²) in [4.78, 5) is 38.5. The zero-order valence-corrected chi connectivity index (χ0v) is 20.9. The maximum atomic E-state index is 13.3. The van der Waals surface area contributed by atoms with Gasteiger partial charge in [-0.2, -0.15) is 0 Å². The van der Waals surface area contributed by atoms with Crippen molar-refractivity contribution in [3.63, 3.8) is 0 Å². The van der Waals surface area contributed by atoms with Gasteiger partial charge in [-0.1, -0.05) is 0 Å². The number of benzene rings is 2. The van der Waals surface area contributed by atoms with Gasteiger partial charge < -0.3 is 33.7 Å². The first kappa shape index (κ1) is 27.3. The average Bonchev–Trinajstić information content (AvgIpc) is 3.39. The minimum Gasteiger partial charge on any atom is -0.493 e. The number of carbonyl (C=O) groups is 2. The van der Waals surface area contributed by atoms with Gasteiger partial charge in [0.1, 0.15) is 6.61 Å². The van der Waals surface area contributed by atoms with Crippen molar-refractivity contribution in [1.82, 2.24) is 4.90 Å². The van der Waals surface area contributed by atoms with Crippen LogP contribution >= 0.6 is 0 Å². The van der Waals surface area contributed by atoms with Crippen LogP contribution in [0.4, 0.5) is 16.2 Å². The molecule has 2 amide bonds. The van der Waals surface area contributed by atoms with Crippen LogP contribution in [0.3, 0.4) is 0 Å². The quantitative estimate of drug-likeness (QED) is 0.353. The lowest BCUT2D eigenvalue weighted by atomic mass is 10.1. The molecule has 13 heteroatoms. The van der Waals surface area contributed by atoms with Crippen molar-refractivity contribution < 1.29 is 43.3 Å². The third-order valence-electron chi connectivity index (χ3n) is 5.98. The highest BCUT2D eigenvalue weighted by Gasteiger charge is 2.31. The van der Waals surface area contributed by atoms with Crippen molar-refractivity contribution in [2.45, 2.75) is 25.5 Å². The molecule has 2 aromatic rings. The molecule has 0 aromatic heterocycles. The van der Waals surface area contributed by atoms with Crippen LogP contribution in [0.5, 0.6) is 23.0 Å². The van der Waals surface area contributed by atoms with E-state index in [0.29, 0.717) is 13.0 Å². The number of amides is 2. The fourth-order valence-corrected chi connectivity index (χ4v) is 4.09. The second-order valence-corrected chi connectivity index (χ2v) is 8.02. The van der Waals surface area contributed by atoms with Crippen molar-refractivity contribution in [2.24, 2.45) is 0 Å². The SMILES string of the molecule is COc1cc(COC(=O)Nc2cc(OC)c(OC)cc2C(=O)N2CCC[C@H]2CO)c([N+](=O)[O-])cc1OC. The molecule has 0 aliphatic carbocycles. The molecule has 1 aliphatic heterocycles. The first-order chi connectivity index (χ1) is 17.8. The molecular weight excluding hydrogens is 490 g/mol. The van der Waals surface area contributed by atoms with E-state index in [0.717, 1.165) is 6.42 Å². The van der Waals surface area contributed by atoms with E-state index in [2.05, 4.69) is 5.32 Å². The van der Waals surface area contributed by atoms with Crippen molar-refractivity contribution >= 4 is 23.4 Å². The van der Waals surface area contributed by atoms with Gasteiger partial charge in [0.2, 0.25) is 0 Å². The van der Waals surface area contributed by atoms with Crippen molar-refractivity contribution in [3.05, 3.63) is 45.5 Å². The van der Waals surface area contributed by atoms with Crippen LogP contribution in [-0.4, -0.2) is 74.6 Å². The van der Waals surface area contributed by atoms with Gasteiger partial charge in [-0.05, 0) is 25.0 Å². The highest BCUT2D eigenvalue weighted by Crippen LogP contribution is 2.36. The summed E-state index contributed by atoms with van der Waals surface area (Å²) >= 11 is 0. The molecule has 0 radical (unpaired) electrons. The van der Waals surface area contributed by atoms with Gasteiger partial charge in [0.05, 0.1) is 68.9 Å². The standard InChI is InChI=1S/C24H29N3O10/c1-33-19-8-14(18(27(31)32)11-22(19)36-4)13-37-24(30)25-17-10-21(35-3)20(34-2)9-16(17)23(29)26-7-5-6-15(26)12-28/h8-11,15,28H,5-7,12-13H2,1-4H3,(H,25,30)/t15-/m0/s1. The van der Waals surface area contributed by atoms with Crippen LogP contribution in [0.15, 0.2) is 24.3 Å². The van der Waals surface area contributed by atoms with Gasteiger partial charge in [-0.15, -0.1) is 0 Å². The van der Waals surface area contributed by atoms with E-state index in [4.69, 9.17) is 23.7 Å². The van der Waals surface area contributed by atoms with Gasteiger partial charge >= 0.3 is 6.09 Å². The average molecular weight is 520 g/mol. The van der Waals surface area contributed by atoms with Crippen LogP contribution in [0, 0.1) is 10.1 Å². The number of carbonyl (C=O) groups excluding carboxylic acids is 2. The Morgan fingerprint density at radius 1 is 1.03 bits per heavy atom. The number of aliphatic hydroxyl groups is 1. The predicted molar refractivity (Wildman–Crippen MR) is 131 cm³/mol. The number of anilines is 1. The molecule has 37 heavy (non-hydrogen) atoms. The number of hydrogen-bond donors (Lipinski definition) is 2. The number of ether oxygens (including phenoxy) is 5. The number of nitrogens with one attached hydrogen (secondary N) is 1. The fourth-order valence-electron chi connectivity index (χ4n) is 4.09. The minimum absolute atomic E-state index is 0.0734. The Kier molecular flexibility index (Phi) is 8.95. The van der Waals surface area contributed by atoms with Crippen molar-refractivity contribution in [2.75, 3.05) is 46.9 Å². The second kappa shape index (κ2) is 12.1. The Morgan fingerprint density at radius 3 is 2.22 bits per heavy atom. The molecule has 13 nitrogen and oxygen atoms in total. The smallest absolute Gasteiger partial charge is 0.411 e. The van der Waals surface area contributed by atoms with E-state index in [1.807, 2.05) is 0 Å². The molecule has 0 saturated carbocycles. The molecule has 1 aliphatic rings. The Balaban J connectivity index is 1.87. The van der Waals surface area contributed by atoms with Gasteiger partial charge in [0, 0.05) is 12.6 Å². The van der Waals surface area contributed by atoms with E-state index in [1.165, 1.54) is 57.6 Å². The number of methoxy groups -OCH3 is 4. The molecule has 200 valence electrons. The summed E-state index contributed by atoms with van der Waals surface area (Å²) in [6, 6.07) is 5.02. The Hall–Kier alpha value is -4.26. The number of likely N-dealkylation sites (tertiary alicyclic amines) is 1. The number of nitro groups is 1. The van der Waals surface area contributed by atoms with Gasteiger partial charge in [0.25, 0.3) is 11.6 Å². The van der Waals surface area contributed by atoms with Gasteiger partial charge in [-0.3, -0.25) is 20.2 Å². The minimum atomic E-state index is -0.967. The second-order valence-electron chi connectivity index (χ2n) is 8.02. The van der Waals surface area contributed by atoms with E-state index in [1.54, 1.807) is 0 Å². The topological polar surface area (TPSA) is 159 Å². The van der Waals surface area contributed by atoms with Crippen LogP contribution in [0.1, 0.15) is 28.8 Å². The summed E-state index contributed by atoms with van der Waals surface area (Å²) in [6.07, 6.45) is 0.425. The summed E-state index contributed by atoms with van der Waals surface area (Å²) in [6.45, 7) is -0.197.